The van der Waals surface area contributed by atoms with Crippen molar-refractivity contribution in [2.24, 2.45) is 0 Å². The maximum Gasteiger partial charge on any atom is 0.224 e. The lowest BCUT2D eigenvalue weighted by atomic mass is 10.1. The molecule has 0 radical (unpaired) electrons. The van der Waals surface area contributed by atoms with Crippen LogP contribution in [0.5, 0.6) is 0 Å². The Balaban J connectivity index is 1.29. The molecule has 0 fully saturated rings. The van der Waals surface area contributed by atoms with E-state index in [1.54, 1.807) is 6.20 Å². The summed E-state index contributed by atoms with van der Waals surface area (Å²) in [5.41, 5.74) is 3.81. The zero-order valence-electron chi connectivity index (χ0n) is 22.9. The summed E-state index contributed by atoms with van der Waals surface area (Å²) in [6, 6.07) is 22.7. The highest BCUT2D eigenvalue weighted by atomic mass is 16.1. The molecule has 1 amide bonds. The third kappa shape index (κ3) is 6.07. The molecule has 0 saturated heterocycles. The van der Waals surface area contributed by atoms with Crippen LogP contribution in [0.1, 0.15) is 33.3 Å². The highest BCUT2D eigenvalue weighted by Gasteiger charge is 2.16. The molecule has 0 atom stereocenters. The second-order valence-electron chi connectivity index (χ2n) is 10.3. The fourth-order valence-electron chi connectivity index (χ4n) is 5.07. The van der Waals surface area contributed by atoms with Crippen molar-refractivity contribution in [1.29, 1.82) is 0 Å². The number of amides is 1. The first kappa shape index (κ1) is 26.3. The van der Waals surface area contributed by atoms with E-state index in [1.807, 2.05) is 77.5 Å². The number of anilines is 2. The van der Waals surface area contributed by atoms with Crippen molar-refractivity contribution in [2.45, 2.75) is 46.2 Å². The van der Waals surface area contributed by atoms with E-state index in [4.69, 9.17) is 0 Å². The minimum Gasteiger partial charge on any atom is -0.355 e. The van der Waals surface area contributed by atoms with Crippen molar-refractivity contribution in [2.75, 3.05) is 18.4 Å². The molecular formula is C31H35N7O. The van der Waals surface area contributed by atoms with Gasteiger partial charge in [0.15, 0.2) is 11.6 Å². The standard InChI is InChI=1S/C31H35N7O/c1-21(2)37(22(3)4)17-16-33-31(39)19-24-20-38(28-10-6-5-9-26(24)28)30-14-13-29(35-36-30)34-25-11-12-27-23(18-25)8-7-15-32-27/h5-15,18,20-22H,16-17,19H2,1-4H3,(H,33,39)(H,34,35). The van der Waals surface area contributed by atoms with Gasteiger partial charge in [-0.1, -0.05) is 24.3 Å². The van der Waals surface area contributed by atoms with Crippen LogP contribution in [0.4, 0.5) is 11.5 Å². The van der Waals surface area contributed by atoms with Crippen LogP contribution in [0, 0.1) is 0 Å². The molecule has 0 aliphatic heterocycles. The molecule has 5 aromatic rings. The third-order valence-electron chi connectivity index (χ3n) is 6.94. The first-order valence-corrected chi connectivity index (χ1v) is 13.5. The molecule has 2 aromatic carbocycles. The lowest BCUT2D eigenvalue weighted by Gasteiger charge is -2.30. The number of nitrogens with zero attached hydrogens (tertiary/aromatic N) is 5. The van der Waals surface area contributed by atoms with Crippen LogP contribution >= 0.6 is 0 Å². The Kier molecular flexibility index (Phi) is 7.84. The van der Waals surface area contributed by atoms with Gasteiger partial charge in [-0.3, -0.25) is 19.2 Å². The van der Waals surface area contributed by atoms with Gasteiger partial charge in [-0.05, 0) is 75.7 Å². The molecule has 5 rings (SSSR count). The first-order valence-electron chi connectivity index (χ1n) is 13.5. The molecule has 200 valence electrons. The van der Waals surface area contributed by atoms with Gasteiger partial charge in [0.1, 0.15) is 0 Å². The number of para-hydroxylation sites is 1. The number of hydrogen-bond acceptors (Lipinski definition) is 6. The van der Waals surface area contributed by atoms with Crippen molar-refractivity contribution < 1.29 is 4.79 Å². The number of benzene rings is 2. The van der Waals surface area contributed by atoms with Gasteiger partial charge < -0.3 is 10.6 Å². The molecule has 0 unspecified atom stereocenters. The number of nitrogens with one attached hydrogen (secondary N) is 2. The third-order valence-corrected chi connectivity index (χ3v) is 6.94. The zero-order valence-corrected chi connectivity index (χ0v) is 22.9. The van der Waals surface area contributed by atoms with Crippen LogP contribution in [0.3, 0.4) is 0 Å². The number of fused-ring (bicyclic) bond motifs is 2. The summed E-state index contributed by atoms with van der Waals surface area (Å²) in [5.74, 6) is 1.35. The van der Waals surface area contributed by atoms with Crippen LogP contribution in [0.25, 0.3) is 27.6 Å². The molecule has 3 aromatic heterocycles. The van der Waals surface area contributed by atoms with Crippen molar-refractivity contribution in [1.82, 2.24) is 30.0 Å². The summed E-state index contributed by atoms with van der Waals surface area (Å²) in [6.45, 7) is 10.2. The molecule has 0 aliphatic rings. The zero-order chi connectivity index (χ0) is 27.4. The van der Waals surface area contributed by atoms with Crippen LogP contribution in [0.2, 0.25) is 0 Å². The Morgan fingerprint density at radius 3 is 2.54 bits per heavy atom. The van der Waals surface area contributed by atoms with Crippen LogP contribution in [-0.2, 0) is 11.2 Å². The number of carbonyl (C=O) groups is 1. The summed E-state index contributed by atoms with van der Waals surface area (Å²) in [7, 11) is 0. The lowest BCUT2D eigenvalue weighted by molar-refractivity contribution is -0.120. The second-order valence-corrected chi connectivity index (χ2v) is 10.3. The Labute approximate surface area is 229 Å². The first-order chi connectivity index (χ1) is 18.9. The van der Waals surface area contributed by atoms with Gasteiger partial charge in [-0.25, -0.2) is 0 Å². The summed E-state index contributed by atoms with van der Waals surface area (Å²) < 4.78 is 2.00. The smallest absolute Gasteiger partial charge is 0.224 e. The van der Waals surface area contributed by atoms with E-state index in [-0.39, 0.29) is 5.91 Å². The summed E-state index contributed by atoms with van der Waals surface area (Å²) in [5, 5.41) is 17.4. The van der Waals surface area contributed by atoms with Gasteiger partial charge in [0.25, 0.3) is 0 Å². The Morgan fingerprint density at radius 1 is 0.949 bits per heavy atom. The summed E-state index contributed by atoms with van der Waals surface area (Å²) in [6.07, 6.45) is 4.09. The van der Waals surface area contributed by atoms with Gasteiger partial charge in [0.2, 0.25) is 5.91 Å². The molecule has 0 bridgehead atoms. The molecule has 0 spiro atoms. The Bertz CT molecular complexity index is 1570. The predicted octanol–water partition coefficient (Wildman–Crippen LogP) is 5.49. The minimum absolute atomic E-state index is 0.0154. The van der Waals surface area contributed by atoms with Gasteiger partial charge >= 0.3 is 0 Å². The quantitative estimate of drug-likeness (QED) is 0.253. The summed E-state index contributed by atoms with van der Waals surface area (Å²) in [4.78, 5) is 19.6. The largest absolute Gasteiger partial charge is 0.355 e. The molecule has 8 heteroatoms. The van der Waals surface area contributed by atoms with Crippen LogP contribution < -0.4 is 10.6 Å². The number of rotatable bonds is 10. The van der Waals surface area contributed by atoms with E-state index in [9.17, 15) is 4.79 Å². The number of carbonyl (C=O) groups excluding carboxylic acids is 1. The minimum atomic E-state index is 0.0154. The van der Waals surface area contributed by atoms with Crippen LogP contribution in [-0.4, -0.2) is 55.7 Å². The highest BCUT2D eigenvalue weighted by molar-refractivity contribution is 5.90. The fourth-order valence-corrected chi connectivity index (χ4v) is 5.07. The van der Waals surface area contributed by atoms with Gasteiger partial charge in [0, 0.05) is 54.0 Å². The highest BCUT2D eigenvalue weighted by Crippen LogP contribution is 2.25. The maximum absolute atomic E-state index is 12.8. The van der Waals surface area contributed by atoms with Crippen LogP contribution in [0.15, 0.2) is 79.1 Å². The van der Waals surface area contributed by atoms with E-state index < -0.39 is 0 Å². The molecule has 8 nitrogen and oxygen atoms in total. The molecule has 0 aliphatic carbocycles. The average molecular weight is 522 g/mol. The van der Waals surface area contributed by atoms with Crippen molar-refractivity contribution in [3.05, 3.63) is 84.7 Å². The molecular weight excluding hydrogens is 486 g/mol. The second kappa shape index (κ2) is 11.6. The number of pyridine rings is 1. The summed E-state index contributed by atoms with van der Waals surface area (Å²) >= 11 is 0. The van der Waals surface area contributed by atoms with E-state index in [2.05, 4.69) is 58.4 Å². The SMILES string of the molecule is CC(C)N(CCNC(=O)Cc1cn(-c2ccc(Nc3ccc4ncccc4c3)nn2)c2ccccc12)C(C)C. The average Bonchev–Trinajstić information content (AvgIpc) is 3.29. The fraction of sp³-hybridized carbons (Fsp3) is 0.290. The van der Waals surface area contributed by atoms with Crippen molar-refractivity contribution in [3.8, 4) is 5.82 Å². The number of hydrogen-bond donors (Lipinski definition) is 2. The molecule has 3 heterocycles. The topological polar surface area (TPSA) is 88.0 Å². The van der Waals surface area contributed by atoms with Gasteiger partial charge in [0.05, 0.1) is 17.5 Å². The predicted molar refractivity (Wildman–Crippen MR) is 158 cm³/mol. The van der Waals surface area contributed by atoms with E-state index in [0.717, 1.165) is 39.6 Å². The maximum atomic E-state index is 12.8. The molecule has 39 heavy (non-hydrogen) atoms. The van der Waals surface area contributed by atoms with E-state index in [1.165, 1.54) is 0 Å². The normalized spacial score (nSPS) is 11.7. The van der Waals surface area contributed by atoms with Crippen molar-refractivity contribution in [3.63, 3.8) is 0 Å². The van der Waals surface area contributed by atoms with Gasteiger partial charge in [-0.15, -0.1) is 10.2 Å². The molecule has 2 N–H and O–H groups in total. The van der Waals surface area contributed by atoms with Crippen molar-refractivity contribution >= 4 is 39.2 Å². The molecule has 0 saturated carbocycles. The van der Waals surface area contributed by atoms with E-state index in [0.29, 0.717) is 36.7 Å². The Morgan fingerprint density at radius 2 is 1.77 bits per heavy atom. The van der Waals surface area contributed by atoms with E-state index >= 15 is 0 Å². The Hall–Kier alpha value is -4.30. The number of aromatic nitrogens is 4. The monoisotopic (exact) mass is 521 g/mol. The van der Waals surface area contributed by atoms with Gasteiger partial charge in [-0.2, -0.15) is 0 Å². The lowest BCUT2D eigenvalue weighted by Crippen LogP contribution is -2.42.